The van der Waals surface area contributed by atoms with Crippen LogP contribution in [0.3, 0.4) is 0 Å². The molecule has 0 nitrogen and oxygen atoms in total. The fourth-order valence-electron chi connectivity index (χ4n) is 1.72. The molecule has 0 bridgehead atoms. The molecule has 0 heterocycles. The monoisotopic (exact) mass is 169 g/mol. The van der Waals surface area contributed by atoms with Crippen molar-refractivity contribution in [3.8, 4) is 0 Å². The molecule has 0 aromatic rings. The molecule has 0 aliphatic heterocycles. The Morgan fingerprint density at radius 3 is 1.92 bits per heavy atom. The van der Waals surface area contributed by atoms with Crippen LogP contribution in [0.5, 0.6) is 0 Å². The Kier molecular flexibility index (Phi) is 6.51. The molecule has 0 amide bonds. The zero-order valence-corrected chi connectivity index (χ0v) is 9.27. The third kappa shape index (κ3) is 4.79. The molecule has 0 saturated heterocycles. The van der Waals surface area contributed by atoms with Crippen LogP contribution in [0.15, 0.2) is 0 Å². The molecule has 0 aliphatic rings. The highest BCUT2D eigenvalue weighted by Gasteiger charge is 2.13. The Morgan fingerprint density at radius 2 is 1.58 bits per heavy atom. The molecule has 3 atom stereocenters. The van der Waals surface area contributed by atoms with E-state index in [0.717, 1.165) is 11.8 Å². The number of hydrogen-bond donors (Lipinski definition) is 0. The lowest BCUT2D eigenvalue weighted by molar-refractivity contribution is 0.301. The van der Waals surface area contributed by atoms with Gasteiger partial charge >= 0.3 is 0 Å². The highest BCUT2D eigenvalue weighted by molar-refractivity contribution is 4.66. The van der Waals surface area contributed by atoms with Crippen LogP contribution >= 0.6 is 0 Å². The van der Waals surface area contributed by atoms with Gasteiger partial charge in [-0.15, -0.1) is 0 Å². The van der Waals surface area contributed by atoms with E-state index in [-0.39, 0.29) is 0 Å². The average molecular weight is 169 g/mol. The molecule has 0 N–H and O–H groups in total. The van der Waals surface area contributed by atoms with Crippen molar-refractivity contribution in [2.75, 3.05) is 0 Å². The lowest BCUT2D eigenvalue weighted by Gasteiger charge is -2.22. The molecule has 1 radical (unpaired) electrons. The fraction of sp³-hybridized carbons (Fsp3) is 0.917. The standard InChI is InChI=1S/C12H25/c1-6-11(5)12(7-2)9-8-10(3)4/h10-12H,3,6-9H2,1-2,4-5H3. The molecule has 0 aromatic heterocycles. The third-order valence-corrected chi connectivity index (χ3v) is 3.00. The highest BCUT2D eigenvalue weighted by atomic mass is 14.2. The van der Waals surface area contributed by atoms with Crippen molar-refractivity contribution in [2.24, 2.45) is 17.8 Å². The Balaban J connectivity index is 3.67. The maximum Gasteiger partial charge on any atom is -0.0391 e. The second-order valence-electron chi connectivity index (χ2n) is 4.24. The van der Waals surface area contributed by atoms with Gasteiger partial charge in [0.1, 0.15) is 0 Å². The SMILES string of the molecule is [CH2]C(C)CCC(CC)C(C)CC. The van der Waals surface area contributed by atoms with Gasteiger partial charge in [-0.3, -0.25) is 0 Å². The second kappa shape index (κ2) is 6.51. The summed E-state index contributed by atoms with van der Waals surface area (Å²) in [5.74, 6) is 2.45. The first-order chi connectivity index (χ1) is 5.61. The Morgan fingerprint density at radius 1 is 1.00 bits per heavy atom. The molecular formula is C12H25. The van der Waals surface area contributed by atoms with E-state index in [2.05, 4.69) is 34.6 Å². The lowest BCUT2D eigenvalue weighted by atomic mass is 9.84. The van der Waals surface area contributed by atoms with Crippen LogP contribution in [0.1, 0.15) is 53.4 Å². The van der Waals surface area contributed by atoms with Crippen molar-refractivity contribution in [3.05, 3.63) is 6.92 Å². The van der Waals surface area contributed by atoms with E-state index in [1.54, 1.807) is 0 Å². The molecule has 0 spiro atoms. The van der Waals surface area contributed by atoms with Crippen molar-refractivity contribution < 1.29 is 0 Å². The Labute approximate surface area is 78.8 Å². The van der Waals surface area contributed by atoms with Gasteiger partial charge in [0.15, 0.2) is 0 Å². The molecule has 0 fully saturated rings. The molecule has 0 saturated carbocycles. The quantitative estimate of drug-likeness (QED) is 0.556. The predicted octanol–water partition coefficient (Wildman–Crippen LogP) is 4.31. The van der Waals surface area contributed by atoms with Crippen LogP contribution < -0.4 is 0 Å². The maximum atomic E-state index is 4.03. The predicted molar refractivity (Wildman–Crippen MR) is 57.0 cm³/mol. The lowest BCUT2D eigenvalue weighted by Crippen LogP contribution is -2.10. The summed E-state index contributed by atoms with van der Waals surface area (Å²) >= 11 is 0. The number of rotatable bonds is 6. The Bertz CT molecular complexity index is 94.2. The summed E-state index contributed by atoms with van der Waals surface area (Å²) in [6, 6.07) is 0. The first-order valence-corrected chi connectivity index (χ1v) is 5.44. The first kappa shape index (κ1) is 12.0. The largest absolute Gasteiger partial charge is 0.0651 e. The van der Waals surface area contributed by atoms with Gasteiger partial charge in [-0.1, -0.05) is 53.9 Å². The molecule has 73 valence electrons. The van der Waals surface area contributed by atoms with Crippen molar-refractivity contribution in [2.45, 2.75) is 53.4 Å². The minimum absolute atomic E-state index is 0.628. The van der Waals surface area contributed by atoms with E-state index in [0.29, 0.717) is 5.92 Å². The van der Waals surface area contributed by atoms with E-state index < -0.39 is 0 Å². The topological polar surface area (TPSA) is 0 Å². The van der Waals surface area contributed by atoms with Crippen LogP contribution in [0.2, 0.25) is 0 Å². The van der Waals surface area contributed by atoms with Gasteiger partial charge in [-0.25, -0.2) is 0 Å². The van der Waals surface area contributed by atoms with Gasteiger partial charge in [-0.2, -0.15) is 0 Å². The van der Waals surface area contributed by atoms with Gasteiger partial charge in [0.2, 0.25) is 0 Å². The normalized spacial score (nSPS) is 16.5. The molecule has 3 unspecified atom stereocenters. The van der Waals surface area contributed by atoms with Crippen LogP contribution in [0, 0.1) is 24.7 Å². The summed E-state index contributed by atoms with van der Waals surface area (Å²) in [6.45, 7) is 13.2. The summed E-state index contributed by atoms with van der Waals surface area (Å²) in [7, 11) is 0. The van der Waals surface area contributed by atoms with Gasteiger partial charge in [0.05, 0.1) is 0 Å². The van der Waals surface area contributed by atoms with E-state index in [1.807, 2.05) is 0 Å². The summed E-state index contributed by atoms with van der Waals surface area (Å²) in [5, 5.41) is 0. The van der Waals surface area contributed by atoms with E-state index in [4.69, 9.17) is 0 Å². The average Bonchev–Trinajstić information content (AvgIpc) is 2.04. The maximum absolute atomic E-state index is 4.03. The summed E-state index contributed by atoms with van der Waals surface area (Å²) < 4.78 is 0. The molecule has 0 heteroatoms. The second-order valence-corrected chi connectivity index (χ2v) is 4.24. The highest BCUT2D eigenvalue weighted by Crippen LogP contribution is 2.25. The van der Waals surface area contributed by atoms with Gasteiger partial charge in [0.25, 0.3) is 0 Å². The zero-order valence-electron chi connectivity index (χ0n) is 9.27. The third-order valence-electron chi connectivity index (χ3n) is 3.00. The summed E-state index contributed by atoms with van der Waals surface area (Å²) in [5.41, 5.74) is 0. The van der Waals surface area contributed by atoms with Gasteiger partial charge < -0.3 is 0 Å². The molecular weight excluding hydrogens is 144 g/mol. The molecule has 12 heavy (non-hydrogen) atoms. The minimum Gasteiger partial charge on any atom is -0.0651 e. The fourth-order valence-corrected chi connectivity index (χ4v) is 1.72. The zero-order chi connectivity index (χ0) is 9.56. The van der Waals surface area contributed by atoms with E-state index in [1.165, 1.54) is 25.7 Å². The van der Waals surface area contributed by atoms with Crippen LogP contribution in [0.4, 0.5) is 0 Å². The summed E-state index contributed by atoms with van der Waals surface area (Å²) in [4.78, 5) is 0. The van der Waals surface area contributed by atoms with Gasteiger partial charge in [-0.05, 0) is 24.2 Å². The van der Waals surface area contributed by atoms with Gasteiger partial charge in [0, 0.05) is 0 Å². The van der Waals surface area contributed by atoms with E-state index >= 15 is 0 Å². The van der Waals surface area contributed by atoms with Crippen LogP contribution in [0.25, 0.3) is 0 Å². The number of hydrogen-bond acceptors (Lipinski definition) is 0. The smallest absolute Gasteiger partial charge is 0.0391 e. The van der Waals surface area contributed by atoms with Crippen molar-refractivity contribution in [1.82, 2.24) is 0 Å². The molecule has 0 rings (SSSR count). The summed E-state index contributed by atoms with van der Waals surface area (Å²) in [6.07, 6.45) is 5.32. The molecule has 0 aliphatic carbocycles. The van der Waals surface area contributed by atoms with Crippen molar-refractivity contribution in [3.63, 3.8) is 0 Å². The molecule has 0 aromatic carbocycles. The van der Waals surface area contributed by atoms with Crippen LogP contribution in [-0.4, -0.2) is 0 Å². The first-order valence-electron chi connectivity index (χ1n) is 5.44. The Hall–Kier alpha value is 0. The van der Waals surface area contributed by atoms with E-state index in [9.17, 15) is 0 Å². The van der Waals surface area contributed by atoms with Crippen LogP contribution in [-0.2, 0) is 0 Å². The van der Waals surface area contributed by atoms with Crippen molar-refractivity contribution >= 4 is 0 Å². The minimum atomic E-state index is 0.628. The van der Waals surface area contributed by atoms with Crippen molar-refractivity contribution in [1.29, 1.82) is 0 Å².